The van der Waals surface area contributed by atoms with Crippen LogP contribution in [0.15, 0.2) is 41.6 Å². The first-order chi connectivity index (χ1) is 8.52. The van der Waals surface area contributed by atoms with Crippen molar-refractivity contribution in [1.82, 2.24) is 9.55 Å². The zero-order valence-corrected chi connectivity index (χ0v) is 10.5. The highest BCUT2D eigenvalue weighted by Crippen LogP contribution is 2.14. The van der Waals surface area contributed by atoms with E-state index in [1.807, 2.05) is 4.57 Å². The Morgan fingerprint density at radius 3 is 2.44 bits per heavy atom. The Labute approximate surface area is 105 Å². The van der Waals surface area contributed by atoms with Crippen LogP contribution in [0.1, 0.15) is 5.82 Å². The Bertz CT molecular complexity index is 631. The number of hydrogen-bond acceptors (Lipinski definition) is 4. The smallest absolute Gasteiger partial charge is 0.238 e. The maximum absolute atomic E-state index is 11.1. The minimum Gasteiger partial charge on any atom is -0.330 e. The van der Waals surface area contributed by atoms with Crippen molar-refractivity contribution in [3.05, 3.63) is 42.5 Å². The van der Waals surface area contributed by atoms with Gasteiger partial charge in [-0.25, -0.2) is 18.5 Å². The molecule has 2 aromatic rings. The molecule has 6 nitrogen and oxygen atoms in total. The molecule has 0 aliphatic rings. The van der Waals surface area contributed by atoms with Gasteiger partial charge in [0.25, 0.3) is 0 Å². The van der Waals surface area contributed by atoms with E-state index in [0.717, 1.165) is 11.5 Å². The molecule has 0 aliphatic heterocycles. The van der Waals surface area contributed by atoms with E-state index in [2.05, 4.69) is 4.98 Å². The lowest BCUT2D eigenvalue weighted by atomic mass is 10.3. The third-order valence-corrected chi connectivity index (χ3v) is 3.46. The molecule has 18 heavy (non-hydrogen) atoms. The highest BCUT2D eigenvalue weighted by Gasteiger charge is 2.08. The number of imidazole rings is 1. The Balaban J connectivity index is 2.37. The molecule has 0 radical (unpaired) electrons. The summed E-state index contributed by atoms with van der Waals surface area (Å²) in [5.41, 5.74) is 6.32. The van der Waals surface area contributed by atoms with Crippen LogP contribution in [-0.4, -0.2) is 24.5 Å². The van der Waals surface area contributed by atoms with Gasteiger partial charge in [-0.3, -0.25) is 0 Å². The van der Waals surface area contributed by atoms with Gasteiger partial charge in [-0.2, -0.15) is 0 Å². The molecule has 0 spiro atoms. The summed E-state index contributed by atoms with van der Waals surface area (Å²) in [4.78, 5) is 4.28. The molecule has 0 aliphatic carbocycles. The maximum Gasteiger partial charge on any atom is 0.238 e. The van der Waals surface area contributed by atoms with Gasteiger partial charge in [0.05, 0.1) is 4.90 Å². The maximum atomic E-state index is 11.1. The molecule has 96 valence electrons. The van der Waals surface area contributed by atoms with Crippen molar-refractivity contribution < 1.29 is 8.42 Å². The summed E-state index contributed by atoms with van der Waals surface area (Å²) < 4.78 is 24.1. The van der Waals surface area contributed by atoms with Crippen LogP contribution in [0.3, 0.4) is 0 Å². The van der Waals surface area contributed by atoms with Crippen LogP contribution in [-0.2, 0) is 16.4 Å². The van der Waals surface area contributed by atoms with Gasteiger partial charge < -0.3 is 10.3 Å². The quantitative estimate of drug-likeness (QED) is 0.814. The number of nitrogens with zero attached hydrogens (tertiary/aromatic N) is 2. The van der Waals surface area contributed by atoms with Gasteiger partial charge in [0.15, 0.2) is 0 Å². The first-order valence-electron chi connectivity index (χ1n) is 5.38. The number of hydrogen-bond donors (Lipinski definition) is 2. The zero-order valence-electron chi connectivity index (χ0n) is 9.65. The number of aromatic nitrogens is 2. The summed E-state index contributed by atoms with van der Waals surface area (Å²) in [5, 5.41) is 5.04. The summed E-state index contributed by atoms with van der Waals surface area (Å²) in [6, 6.07) is 6.30. The van der Waals surface area contributed by atoms with E-state index in [-0.39, 0.29) is 4.90 Å². The van der Waals surface area contributed by atoms with Gasteiger partial charge in [0.1, 0.15) is 5.82 Å². The van der Waals surface area contributed by atoms with E-state index in [1.165, 1.54) is 12.1 Å². The lowest BCUT2D eigenvalue weighted by Crippen LogP contribution is -2.12. The Kier molecular flexibility index (Phi) is 3.46. The number of nitrogens with two attached hydrogens (primary N) is 2. The van der Waals surface area contributed by atoms with Gasteiger partial charge >= 0.3 is 0 Å². The van der Waals surface area contributed by atoms with Crippen molar-refractivity contribution in [2.45, 2.75) is 11.3 Å². The Morgan fingerprint density at radius 2 is 1.89 bits per heavy atom. The monoisotopic (exact) mass is 266 g/mol. The predicted octanol–water partition coefficient (Wildman–Crippen LogP) is 0.0209. The van der Waals surface area contributed by atoms with Crippen LogP contribution in [0.5, 0.6) is 0 Å². The molecule has 0 atom stereocenters. The van der Waals surface area contributed by atoms with E-state index in [1.54, 1.807) is 24.5 Å². The molecule has 0 saturated heterocycles. The number of benzene rings is 1. The van der Waals surface area contributed by atoms with Crippen molar-refractivity contribution in [2.75, 3.05) is 6.54 Å². The molecule has 1 aromatic heterocycles. The topological polar surface area (TPSA) is 104 Å². The standard InChI is InChI=1S/C11H14N4O2S/c12-6-5-11-14-7-8-15(11)9-1-3-10(4-2-9)18(13,16)17/h1-4,7-8H,5-6,12H2,(H2,13,16,17). The van der Waals surface area contributed by atoms with E-state index < -0.39 is 10.0 Å². The first-order valence-corrected chi connectivity index (χ1v) is 6.92. The van der Waals surface area contributed by atoms with E-state index in [0.29, 0.717) is 13.0 Å². The van der Waals surface area contributed by atoms with Gasteiger partial charge in [-0.05, 0) is 30.8 Å². The van der Waals surface area contributed by atoms with Crippen molar-refractivity contribution in [3.8, 4) is 5.69 Å². The number of rotatable bonds is 4. The molecular formula is C11H14N4O2S. The number of sulfonamides is 1. The SMILES string of the molecule is NCCc1nccn1-c1ccc(S(N)(=O)=O)cc1. The first kappa shape index (κ1) is 12.7. The third-order valence-electron chi connectivity index (χ3n) is 2.53. The molecule has 4 N–H and O–H groups in total. The Hall–Kier alpha value is -1.70. The van der Waals surface area contributed by atoms with Crippen molar-refractivity contribution in [3.63, 3.8) is 0 Å². The molecule has 0 unspecified atom stereocenters. The number of primary sulfonamides is 1. The summed E-state index contributed by atoms with van der Waals surface area (Å²) >= 11 is 0. The normalized spacial score (nSPS) is 11.7. The summed E-state index contributed by atoms with van der Waals surface area (Å²) in [6.07, 6.45) is 4.14. The molecule has 0 amide bonds. The van der Waals surface area contributed by atoms with Gasteiger partial charge in [0, 0.05) is 24.5 Å². The lowest BCUT2D eigenvalue weighted by molar-refractivity contribution is 0.598. The molecule has 7 heteroatoms. The predicted molar refractivity (Wildman–Crippen MR) is 67.7 cm³/mol. The average Bonchev–Trinajstić information content (AvgIpc) is 2.77. The second kappa shape index (κ2) is 4.89. The minimum atomic E-state index is -3.65. The van der Waals surface area contributed by atoms with E-state index in [4.69, 9.17) is 10.9 Å². The highest BCUT2D eigenvalue weighted by molar-refractivity contribution is 7.89. The molecule has 0 saturated carbocycles. The van der Waals surface area contributed by atoms with Gasteiger partial charge in [0.2, 0.25) is 10.0 Å². The molecule has 0 bridgehead atoms. The largest absolute Gasteiger partial charge is 0.330 e. The average molecular weight is 266 g/mol. The van der Waals surface area contributed by atoms with Gasteiger partial charge in [-0.1, -0.05) is 0 Å². The van der Waals surface area contributed by atoms with Crippen LogP contribution in [0.25, 0.3) is 5.69 Å². The fraction of sp³-hybridized carbons (Fsp3) is 0.182. The van der Waals surface area contributed by atoms with Gasteiger partial charge in [-0.15, -0.1) is 0 Å². The molecule has 1 aromatic carbocycles. The van der Waals surface area contributed by atoms with Crippen LogP contribution in [0.2, 0.25) is 0 Å². The van der Waals surface area contributed by atoms with Crippen LogP contribution < -0.4 is 10.9 Å². The van der Waals surface area contributed by atoms with Crippen molar-refractivity contribution in [1.29, 1.82) is 0 Å². The third kappa shape index (κ3) is 2.58. The zero-order chi connectivity index (χ0) is 13.2. The highest BCUT2D eigenvalue weighted by atomic mass is 32.2. The second-order valence-corrected chi connectivity index (χ2v) is 5.35. The summed E-state index contributed by atoms with van der Waals surface area (Å²) in [5.74, 6) is 0.834. The van der Waals surface area contributed by atoms with Crippen LogP contribution in [0, 0.1) is 0 Å². The summed E-state index contributed by atoms with van der Waals surface area (Å²) in [7, 11) is -3.65. The molecule has 2 rings (SSSR count). The minimum absolute atomic E-state index is 0.0896. The molecule has 1 heterocycles. The van der Waals surface area contributed by atoms with Crippen LogP contribution in [0.4, 0.5) is 0 Å². The van der Waals surface area contributed by atoms with Crippen molar-refractivity contribution in [2.24, 2.45) is 10.9 Å². The molecule has 0 fully saturated rings. The fourth-order valence-electron chi connectivity index (χ4n) is 1.68. The second-order valence-electron chi connectivity index (χ2n) is 3.79. The Morgan fingerprint density at radius 1 is 1.22 bits per heavy atom. The van der Waals surface area contributed by atoms with Crippen LogP contribution >= 0.6 is 0 Å². The van der Waals surface area contributed by atoms with E-state index >= 15 is 0 Å². The molecular weight excluding hydrogens is 252 g/mol. The lowest BCUT2D eigenvalue weighted by Gasteiger charge is -2.07. The van der Waals surface area contributed by atoms with E-state index in [9.17, 15) is 8.42 Å². The fourth-order valence-corrected chi connectivity index (χ4v) is 2.20. The summed E-state index contributed by atoms with van der Waals surface area (Å²) in [6.45, 7) is 0.506. The van der Waals surface area contributed by atoms with Crippen molar-refractivity contribution >= 4 is 10.0 Å².